The third-order valence-corrected chi connectivity index (χ3v) is 5.05. The number of amides is 2. The number of nitrogens with zero attached hydrogens (tertiary/aromatic N) is 1. The fourth-order valence-corrected chi connectivity index (χ4v) is 3.92. The third-order valence-electron chi connectivity index (χ3n) is 3.94. The van der Waals surface area contributed by atoms with E-state index >= 15 is 0 Å². The molecule has 0 radical (unpaired) electrons. The van der Waals surface area contributed by atoms with Gasteiger partial charge in [-0.3, -0.25) is 14.4 Å². The van der Waals surface area contributed by atoms with Gasteiger partial charge in [0.15, 0.2) is 0 Å². The van der Waals surface area contributed by atoms with Gasteiger partial charge in [0, 0.05) is 30.9 Å². The van der Waals surface area contributed by atoms with E-state index in [1.807, 2.05) is 0 Å². The molecule has 2 heterocycles. The van der Waals surface area contributed by atoms with Gasteiger partial charge >= 0.3 is 11.9 Å². The number of nitrogens with one attached hydrogen (secondary N) is 1. The molecule has 2 rings (SSSR count). The van der Waals surface area contributed by atoms with Crippen molar-refractivity contribution < 1.29 is 29.0 Å². The minimum Gasteiger partial charge on any atom is -0.477 e. The number of fused-ring (bicyclic) bond motifs is 1. The summed E-state index contributed by atoms with van der Waals surface area (Å²) in [7, 11) is 0. The number of hydrogen-bond donors (Lipinski definition) is 2. The molecule has 0 aromatic rings. The molecular formula is C16H20N2O6S. The molecule has 0 aromatic heterocycles. The summed E-state index contributed by atoms with van der Waals surface area (Å²) >= 11 is 1.19. The molecule has 2 amide bonds. The van der Waals surface area contributed by atoms with E-state index in [1.54, 1.807) is 12.3 Å². The number of carbonyl (C=O) groups is 4. The number of thioether (sulfide) groups is 1. The van der Waals surface area contributed by atoms with Crippen molar-refractivity contribution >= 4 is 35.5 Å². The van der Waals surface area contributed by atoms with Gasteiger partial charge in [0.1, 0.15) is 5.70 Å². The SMILES string of the molecule is CC(=O)NC(C)=CSC1=C(C(=O)O)N2C(=O)C(CCOC(C)=O)C2C1. The minimum absolute atomic E-state index is 0.00406. The Morgan fingerprint density at radius 3 is 2.60 bits per heavy atom. The van der Waals surface area contributed by atoms with Crippen LogP contribution < -0.4 is 5.32 Å². The van der Waals surface area contributed by atoms with Gasteiger partial charge in [0.05, 0.1) is 18.6 Å². The Labute approximate surface area is 149 Å². The van der Waals surface area contributed by atoms with Crippen molar-refractivity contribution in [3.05, 3.63) is 21.7 Å². The van der Waals surface area contributed by atoms with Gasteiger partial charge in [-0.2, -0.15) is 0 Å². The van der Waals surface area contributed by atoms with Gasteiger partial charge in [0.2, 0.25) is 11.8 Å². The lowest BCUT2D eigenvalue weighted by Crippen LogP contribution is -2.58. The van der Waals surface area contributed by atoms with Crippen molar-refractivity contribution in [3.63, 3.8) is 0 Å². The number of allylic oxidation sites excluding steroid dienone is 1. The van der Waals surface area contributed by atoms with Crippen LogP contribution in [0.15, 0.2) is 21.7 Å². The van der Waals surface area contributed by atoms with Crippen LogP contribution in [0.4, 0.5) is 0 Å². The van der Waals surface area contributed by atoms with Crippen LogP contribution in [-0.2, 0) is 23.9 Å². The number of carboxylic acids is 1. The van der Waals surface area contributed by atoms with Crippen molar-refractivity contribution in [2.24, 2.45) is 5.92 Å². The van der Waals surface area contributed by atoms with Crippen LogP contribution in [0, 0.1) is 5.92 Å². The first-order chi connectivity index (χ1) is 11.7. The first-order valence-electron chi connectivity index (χ1n) is 7.76. The second kappa shape index (κ2) is 7.73. The predicted octanol–water partition coefficient (Wildman–Crippen LogP) is 1.20. The van der Waals surface area contributed by atoms with Gasteiger partial charge in [-0.15, -0.1) is 0 Å². The Morgan fingerprint density at radius 1 is 1.36 bits per heavy atom. The number of carboxylic acid groups (broad SMARTS) is 1. The topological polar surface area (TPSA) is 113 Å². The van der Waals surface area contributed by atoms with Crippen LogP contribution in [0.25, 0.3) is 0 Å². The van der Waals surface area contributed by atoms with E-state index in [4.69, 9.17) is 4.74 Å². The maximum atomic E-state index is 12.3. The van der Waals surface area contributed by atoms with E-state index in [0.29, 0.717) is 23.4 Å². The number of β-lactam (4-membered cyclic amide) rings is 1. The van der Waals surface area contributed by atoms with Crippen LogP contribution in [0.2, 0.25) is 0 Å². The van der Waals surface area contributed by atoms with Crippen LogP contribution in [-0.4, -0.2) is 46.4 Å². The molecule has 9 heteroatoms. The summed E-state index contributed by atoms with van der Waals surface area (Å²) in [6.45, 7) is 4.53. The third kappa shape index (κ3) is 4.22. The summed E-state index contributed by atoms with van der Waals surface area (Å²) < 4.78 is 4.87. The molecule has 136 valence electrons. The fraction of sp³-hybridized carbons (Fsp3) is 0.500. The van der Waals surface area contributed by atoms with E-state index in [-0.39, 0.29) is 36.1 Å². The van der Waals surface area contributed by atoms with E-state index in [2.05, 4.69) is 5.32 Å². The summed E-state index contributed by atoms with van der Waals surface area (Å²) in [6.07, 6.45) is 0.817. The summed E-state index contributed by atoms with van der Waals surface area (Å²) in [4.78, 5) is 47.5. The standard InChI is InChI=1S/C16H20N2O6S/c1-8(17-9(2)19)7-25-13-6-12-11(4-5-24-10(3)20)15(21)18(12)14(13)16(22)23/h7,11-12H,4-6H2,1-3H3,(H,17,19)(H,22,23). The fourth-order valence-electron chi connectivity index (χ4n) is 2.97. The predicted molar refractivity (Wildman–Crippen MR) is 89.8 cm³/mol. The normalized spacial score (nSPS) is 22.4. The van der Waals surface area contributed by atoms with Gasteiger partial charge in [-0.05, 0) is 18.8 Å². The molecule has 1 fully saturated rings. The lowest BCUT2D eigenvalue weighted by atomic mass is 9.85. The lowest BCUT2D eigenvalue weighted by molar-refractivity contribution is -0.157. The molecule has 2 unspecified atom stereocenters. The smallest absolute Gasteiger partial charge is 0.353 e. The van der Waals surface area contributed by atoms with Gasteiger partial charge in [-0.1, -0.05) is 11.8 Å². The summed E-state index contributed by atoms with van der Waals surface area (Å²) in [5, 5.41) is 13.7. The van der Waals surface area contributed by atoms with Crippen LogP contribution in [0.5, 0.6) is 0 Å². The average molecular weight is 368 g/mol. The Balaban J connectivity index is 2.06. The molecule has 0 spiro atoms. The van der Waals surface area contributed by atoms with Crippen LogP contribution >= 0.6 is 11.8 Å². The molecule has 2 atom stereocenters. The summed E-state index contributed by atoms with van der Waals surface area (Å²) in [5.41, 5.74) is 0.595. The van der Waals surface area contributed by atoms with E-state index in [0.717, 1.165) is 0 Å². The Bertz CT molecular complexity index is 684. The molecule has 0 saturated carbocycles. The number of carbonyl (C=O) groups excluding carboxylic acids is 3. The zero-order valence-corrected chi connectivity index (χ0v) is 15.0. The molecule has 8 nitrogen and oxygen atoms in total. The molecular weight excluding hydrogens is 348 g/mol. The minimum atomic E-state index is -1.15. The second-order valence-electron chi connectivity index (χ2n) is 5.89. The molecule has 2 aliphatic heterocycles. The molecule has 25 heavy (non-hydrogen) atoms. The van der Waals surface area contributed by atoms with E-state index in [9.17, 15) is 24.3 Å². The monoisotopic (exact) mass is 368 g/mol. The number of aliphatic carboxylic acids is 1. The Kier molecular flexibility index (Phi) is 5.89. The Morgan fingerprint density at radius 2 is 2.04 bits per heavy atom. The second-order valence-corrected chi connectivity index (χ2v) is 6.86. The molecule has 0 aromatic carbocycles. The number of hydrogen-bond acceptors (Lipinski definition) is 6. The van der Waals surface area contributed by atoms with Crippen molar-refractivity contribution in [3.8, 4) is 0 Å². The number of ether oxygens (including phenoxy) is 1. The first-order valence-corrected chi connectivity index (χ1v) is 8.64. The van der Waals surface area contributed by atoms with E-state index < -0.39 is 11.9 Å². The van der Waals surface area contributed by atoms with Crippen LogP contribution in [0.3, 0.4) is 0 Å². The van der Waals surface area contributed by atoms with Gasteiger partial charge in [0.25, 0.3) is 0 Å². The Hall–Kier alpha value is -2.29. The molecule has 1 saturated heterocycles. The highest BCUT2D eigenvalue weighted by Crippen LogP contribution is 2.47. The summed E-state index contributed by atoms with van der Waals surface area (Å²) in [5.74, 6) is -2.37. The largest absolute Gasteiger partial charge is 0.477 e. The quantitative estimate of drug-likeness (QED) is 0.513. The number of esters is 1. The maximum Gasteiger partial charge on any atom is 0.353 e. The maximum absolute atomic E-state index is 12.3. The molecule has 2 N–H and O–H groups in total. The highest BCUT2D eigenvalue weighted by molar-refractivity contribution is 8.05. The summed E-state index contributed by atoms with van der Waals surface area (Å²) in [6, 6.07) is -0.217. The van der Waals surface area contributed by atoms with Crippen molar-refractivity contribution in [2.75, 3.05) is 6.61 Å². The van der Waals surface area contributed by atoms with E-state index in [1.165, 1.54) is 30.5 Å². The zero-order valence-electron chi connectivity index (χ0n) is 14.2. The first kappa shape index (κ1) is 19.0. The van der Waals surface area contributed by atoms with Gasteiger partial charge in [-0.25, -0.2) is 4.79 Å². The molecule has 0 aliphatic carbocycles. The van der Waals surface area contributed by atoms with Crippen molar-refractivity contribution in [1.82, 2.24) is 10.2 Å². The van der Waals surface area contributed by atoms with Crippen molar-refractivity contribution in [1.29, 1.82) is 0 Å². The average Bonchev–Trinajstić information content (AvgIpc) is 2.84. The van der Waals surface area contributed by atoms with Gasteiger partial charge < -0.3 is 20.1 Å². The van der Waals surface area contributed by atoms with Crippen molar-refractivity contribution in [2.45, 2.75) is 39.7 Å². The molecule has 2 aliphatic rings. The lowest BCUT2D eigenvalue weighted by Gasteiger charge is -2.43. The van der Waals surface area contributed by atoms with Crippen LogP contribution in [0.1, 0.15) is 33.6 Å². The molecule has 0 bridgehead atoms. The zero-order chi connectivity index (χ0) is 18.7. The highest BCUT2D eigenvalue weighted by atomic mass is 32.2. The highest BCUT2D eigenvalue weighted by Gasteiger charge is 2.54. The number of rotatable bonds is 7.